The second kappa shape index (κ2) is 8.39. The molecule has 0 aromatic heterocycles. The molecule has 0 bridgehead atoms. The van der Waals surface area contributed by atoms with E-state index in [9.17, 15) is 19.2 Å². The van der Waals surface area contributed by atoms with E-state index in [1.165, 1.54) is 0 Å². The van der Waals surface area contributed by atoms with Crippen LogP contribution in [0.5, 0.6) is 0 Å². The van der Waals surface area contributed by atoms with Crippen LogP contribution in [0.4, 0.5) is 5.69 Å². The van der Waals surface area contributed by atoms with Crippen LogP contribution in [-0.4, -0.2) is 58.9 Å². The molecule has 1 aromatic rings. The molecule has 1 saturated heterocycles. The highest BCUT2D eigenvalue weighted by atomic mass is 16.5. The number of ether oxygens (including phenoxy) is 1. The number of hydrogen-bond acceptors (Lipinski definition) is 7. The Morgan fingerprint density at radius 3 is 2.52 bits per heavy atom. The Morgan fingerprint density at radius 1 is 1.16 bits per heavy atom. The number of anilines is 1. The van der Waals surface area contributed by atoms with Gasteiger partial charge in [0, 0.05) is 24.2 Å². The molecule has 1 aromatic carbocycles. The van der Waals surface area contributed by atoms with E-state index in [-0.39, 0.29) is 24.0 Å². The molecule has 168 valence electrons. The lowest BCUT2D eigenvalue weighted by Crippen LogP contribution is -2.54. The molecule has 1 atom stereocenters. The number of nitrogens with zero attached hydrogens (tertiary/aromatic N) is 1. The normalized spacial score (nSPS) is 19.5. The quantitative estimate of drug-likeness (QED) is 0.532. The van der Waals surface area contributed by atoms with Gasteiger partial charge in [0.15, 0.2) is 0 Å². The largest absolute Gasteiger partial charge is 0.384 e. The Balaban J connectivity index is 1.71. The second-order valence-corrected chi connectivity index (χ2v) is 9.39. The molecule has 4 amide bonds. The molecule has 2 aliphatic heterocycles. The second-order valence-electron chi connectivity index (χ2n) is 9.39. The van der Waals surface area contributed by atoms with E-state index in [4.69, 9.17) is 10.5 Å². The van der Waals surface area contributed by atoms with Crippen molar-refractivity contribution in [1.82, 2.24) is 10.2 Å². The van der Waals surface area contributed by atoms with Gasteiger partial charge in [-0.05, 0) is 52.7 Å². The van der Waals surface area contributed by atoms with E-state index < -0.39 is 40.8 Å². The van der Waals surface area contributed by atoms with Crippen LogP contribution in [0.25, 0.3) is 0 Å². The van der Waals surface area contributed by atoms with Crippen molar-refractivity contribution in [3.8, 4) is 0 Å². The fourth-order valence-electron chi connectivity index (χ4n) is 3.61. The zero-order valence-electron chi connectivity index (χ0n) is 18.4. The lowest BCUT2D eigenvalue weighted by atomic mass is 10.0. The van der Waals surface area contributed by atoms with Gasteiger partial charge in [-0.25, -0.2) is 0 Å². The summed E-state index contributed by atoms with van der Waals surface area (Å²) in [5, 5.41) is 5.43. The van der Waals surface area contributed by atoms with Gasteiger partial charge in [0.05, 0.1) is 23.3 Å². The van der Waals surface area contributed by atoms with Crippen molar-refractivity contribution in [1.29, 1.82) is 0 Å². The van der Waals surface area contributed by atoms with Gasteiger partial charge in [-0.2, -0.15) is 0 Å². The number of carbonyl (C=O) groups is 4. The number of hydrogen-bond donors (Lipinski definition) is 3. The molecule has 4 N–H and O–H groups in total. The molecule has 2 aliphatic rings. The Labute approximate surface area is 181 Å². The zero-order chi connectivity index (χ0) is 23.0. The van der Waals surface area contributed by atoms with Gasteiger partial charge in [0.25, 0.3) is 11.8 Å². The van der Waals surface area contributed by atoms with E-state index in [1.807, 2.05) is 27.7 Å². The van der Waals surface area contributed by atoms with Gasteiger partial charge in [0.1, 0.15) is 6.04 Å². The lowest BCUT2D eigenvalue weighted by Gasteiger charge is -2.30. The molecule has 0 saturated carbocycles. The Morgan fingerprint density at radius 2 is 1.87 bits per heavy atom. The first kappa shape index (κ1) is 22.9. The molecule has 2 heterocycles. The van der Waals surface area contributed by atoms with Gasteiger partial charge in [-0.3, -0.25) is 29.4 Å². The number of imide groups is 2. The molecule has 9 nitrogen and oxygen atoms in total. The molecule has 31 heavy (non-hydrogen) atoms. The highest BCUT2D eigenvalue weighted by Gasteiger charge is 2.45. The van der Waals surface area contributed by atoms with Crippen molar-refractivity contribution < 1.29 is 23.9 Å². The summed E-state index contributed by atoms with van der Waals surface area (Å²) >= 11 is 0. The third-order valence-electron chi connectivity index (χ3n) is 5.35. The van der Waals surface area contributed by atoms with Crippen LogP contribution in [0.2, 0.25) is 0 Å². The van der Waals surface area contributed by atoms with Crippen molar-refractivity contribution >= 4 is 29.3 Å². The number of benzene rings is 1. The summed E-state index contributed by atoms with van der Waals surface area (Å²) in [6, 6.07) is 4.02. The maximum absolute atomic E-state index is 13.1. The molecule has 1 unspecified atom stereocenters. The minimum Gasteiger partial charge on any atom is -0.384 e. The number of piperidine rings is 1. The summed E-state index contributed by atoms with van der Waals surface area (Å²) in [6.45, 7) is 8.64. The van der Waals surface area contributed by atoms with E-state index >= 15 is 0 Å². The Bertz CT molecular complexity index is 919. The molecule has 0 aliphatic carbocycles. The molecule has 3 rings (SSSR count). The van der Waals surface area contributed by atoms with Gasteiger partial charge in [-0.15, -0.1) is 0 Å². The fraction of sp³-hybridized carbons (Fsp3) is 0.545. The number of rotatable bonds is 8. The van der Waals surface area contributed by atoms with Crippen LogP contribution in [0, 0.1) is 0 Å². The standard InChI is InChI=1S/C22H30N4O5/c1-21(2,23)12-31-22(3,4)10-11-24-14-7-5-6-13-17(14)20(30)26(19(13)29)15-8-9-16(27)25-18(15)28/h5-7,15,24H,8-12,23H2,1-4H3,(H,25,27,28). The van der Waals surface area contributed by atoms with Crippen LogP contribution in [0.3, 0.4) is 0 Å². The van der Waals surface area contributed by atoms with Crippen LogP contribution in [0.1, 0.15) is 67.7 Å². The van der Waals surface area contributed by atoms with Crippen molar-refractivity contribution in [2.24, 2.45) is 5.73 Å². The Hall–Kier alpha value is -2.78. The van der Waals surface area contributed by atoms with Crippen LogP contribution >= 0.6 is 0 Å². The number of amides is 4. The van der Waals surface area contributed by atoms with Crippen LogP contribution < -0.4 is 16.4 Å². The summed E-state index contributed by atoms with van der Waals surface area (Å²) in [5.41, 5.74) is 6.15. The molecule has 0 spiro atoms. The highest BCUT2D eigenvalue weighted by molar-refractivity contribution is 6.25. The van der Waals surface area contributed by atoms with Crippen LogP contribution in [0.15, 0.2) is 18.2 Å². The lowest BCUT2D eigenvalue weighted by molar-refractivity contribution is -0.136. The van der Waals surface area contributed by atoms with Gasteiger partial charge >= 0.3 is 0 Å². The molecular weight excluding hydrogens is 400 g/mol. The number of fused-ring (bicyclic) bond motifs is 1. The smallest absolute Gasteiger partial charge is 0.264 e. The third kappa shape index (κ3) is 5.11. The minimum atomic E-state index is -0.982. The molecule has 1 fully saturated rings. The van der Waals surface area contributed by atoms with Crippen molar-refractivity contribution in [2.75, 3.05) is 18.5 Å². The number of nitrogens with one attached hydrogen (secondary N) is 2. The van der Waals surface area contributed by atoms with Crippen LogP contribution in [-0.2, 0) is 14.3 Å². The van der Waals surface area contributed by atoms with E-state index in [1.54, 1.807) is 18.2 Å². The van der Waals surface area contributed by atoms with Crippen molar-refractivity contribution in [2.45, 2.75) is 64.1 Å². The molecule has 0 radical (unpaired) electrons. The van der Waals surface area contributed by atoms with Gasteiger partial charge in [0.2, 0.25) is 11.8 Å². The van der Waals surface area contributed by atoms with Gasteiger partial charge < -0.3 is 15.8 Å². The van der Waals surface area contributed by atoms with E-state index in [0.717, 1.165) is 4.90 Å². The minimum absolute atomic E-state index is 0.0869. The highest BCUT2D eigenvalue weighted by Crippen LogP contribution is 2.32. The van der Waals surface area contributed by atoms with Gasteiger partial charge in [-0.1, -0.05) is 6.07 Å². The maximum Gasteiger partial charge on any atom is 0.264 e. The summed E-state index contributed by atoms with van der Waals surface area (Å²) in [7, 11) is 0. The Kier molecular flexibility index (Phi) is 6.20. The number of nitrogens with two attached hydrogens (primary N) is 1. The first-order valence-corrected chi connectivity index (χ1v) is 10.4. The molecule has 9 heteroatoms. The fourth-order valence-corrected chi connectivity index (χ4v) is 3.61. The summed E-state index contributed by atoms with van der Waals surface area (Å²) in [6.07, 6.45) is 0.858. The van der Waals surface area contributed by atoms with E-state index in [2.05, 4.69) is 10.6 Å². The maximum atomic E-state index is 13.1. The SMILES string of the molecule is CC(C)(N)COC(C)(C)CCNc1cccc2c1C(=O)N(C1CCC(=O)NC1=O)C2=O. The topological polar surface area (TPSA) is 131 Å². The van der Waals surface area contributed by atoms with E-state index in [0.29, 0.717) is 25.3 Å². The summed E-state index contributed by atoms with van der Waals surface area (Å²) < 4.78 is 5.91. The zero-order valence-corrected chi connectivity index (χ0v) is 18.4. The third-order valence-corrected chi connectivity index (χ3v) is 5.35. The summed E-state index contributed by atoms with van der Waals surface area (Å²) in [4.78, 5) is 50.6. The summed E-state index contributed by atoms with van der Waals surface area (Å²) in [5.74, 6) is -2.07. The first-order chi connectivity index (χ1) is 14.4. The van der Waals surface area contributed by atoms with Crippen molar-refractivity contribution in [3.63, 3.8) is 0 Å². The average molecular weight is 431 g/mol. The monoisotopic (exact) mass is 430 g/mol. The first-order valence-electron chi connectivity index (χ1n) is 10.4. The number of carbonyl (C=O) groups excluding carboxylic acids is 4. The van der Waals surface area contributed by atoms with Crippen molar-refractivity contribution in [3.05, 3.63) is 29.3 Å². The predicted molar refractivity (Wildman–Crippen MR) is 115 cm³/mol. The molecular formula is C22H30N4O5. The predicted octanol–water partition coefficient (Wildman–Crippen LogP) is 1.42. The average Bonchev–Trinajstić information content (AvgIpc) is 2.92.